The molecule has 0 atom stereocenters. The van der Waals surface area contributed by atoms with Crippen LogP contribution < -0.4 is 0 Å². The van der Waals surface area contributed by atoms with E-state index in [2.05, 4.69) is 140 Å². The van der Waals surface area contributed by atoms with Crippen LogP contribution in [0.5, 0.6) is 0 Å². The van der Waals surface area contributed by atoms with Gasteiger partial charge in [-0.15, -0.1) is 0 Å². The summed E-state index contributed by atoms with van der Waals surface area (Å²) < 4.78 is 12.0. The first-order valence-corrected chi connectivity index (χ1v) is 14.2. The van der Waals surface area contributed by atoms with Crippen molar-refractivity contribution < 1.29 is 4.42 Å². The van der Waals surface area contributed by atoms with Crippen molar-refractivity contribution in [2.24, 2.45) is 0 Å². The molecule has 6 aromatic carbocycles. The van der Waals surface area contributed by atoms with E-state index in [1.807, 2.05) is 12.1 Å². The fourth-order valence-electron chi connectivity index (χ4n) is 6.47. The Morgan fingerprint density at radius 3 is 1.75 bits per heavy atom. The fourth-order valence-corrected chi connectivity index (χ4v) is 7.04. The van der Waals surface area contributed by atoms with E-state index in [1.165, 1.54) is 49.3 Å². The Labute approximate surface area is 237 Å². The number of hydrogen-bond acceptors (Lipinski definition) is 1. The summed E-state index contributed by atoms with van der Waals surface area (Å²) in [6.45, 7) is 0. The van der Waals surface area contributed by atoms with Gasteiger partial charge in [0.1, 0.15) is 11.2 Å². The molecular weight excluding hydrogens is 556 g/mol. The van der Waals surface area contributed by atoms with Gasteiger partial charge >= 0.3 is 0 Å². The molecule has 0 spiro atoms. The standard InChI is InChI=1S/C36H21BrN2O/c37-29-13-8-16-35-36(29)28-19-23(17-18-34(28)40-35)39-31-15-7-5-12-25(31)27-20-32-26(21-33(27)39)24-11-4-6-14-30(24)38(32)22-9-2-1-3-10-22/h1-21H. The maximum atomic E-state index is 6.19. The second kappa shape index (κ2) is 8.10. The highest BCUT2D eigenvalue weighted by Crippen LogP contribution is 2.41. The van der Waals surface area contributed by atoms with Crippen molar-refractivity contribution in [2.75, 3.05) is 0 Å². The van der Waals surface area contributed by atoms with Crippen molar-refractivity contribution in [3.63, 3.8) is 0 Å². The molecular formula is C36H21BrN2O. The van der Waals surface area contributed by atoms with E-state index >= 15 is 0 Å². The Balaban J connectivity index is 1.43. The first kappa shape index (κ1) is 22.1. The summed E-state index contributed by atoms with van der Waals surface area (Å²) in [4.78, 5) is 0. The van der Waals surface area contributed by atoms with Gasteiger partial charge in [-0.25, -0.2) is 0 Å². The summed E-state index contributed by atoms with van der Waals surface area (Å²) >= 11 is 3.75. The van der Waals surface area contributed by atoms with Crippen LogP contribution in [0, 0.1) is 0 Å². The van der Waals surface area contributed by atoms with Gasteiger partial charge in [0.25, 0.3) is 0 Å². The van der Waals surface area contributed by atoms with E-state index in [4.69, 9.17) is 4.42 Å². The predicted octanol–water partition coefficient (Wildman–Crippen LogP) is 10.5. The molecule has 4 heteroatoms. The molecule has 9 rings (SSSR count). The molecule has 0 N–H and O–H groups in total. The maximum absolute atomic E-state index is 6.19. The van der Waals surface area contributed by atoms with E-state index in [0.29, 0.717) is 0 Å². The van der Waals surface area contributed by atoms with Crippen LogP contribution in [0.25, 0.3) is 76.9 Å². The number of para-hydroxylation sites is 3. The normalized spacial score (nSPS) is 12.1. The molecule has 3 aromatic heterocycles. The molecule has 0 amide bonds. The number of furan rings is 1. The lowest BCUT2D eigenvalue weighted by molar-refractivity contribution is 0.669. The van der Waals surface area contributed by atoms with Crippen molar-refractivity contribution >= 4 is 81.5 Å². The van der Waals surface area contributed by atoms with Gasteiger partial charge in [-0.1, -0.05) is 76.6 Å². The minimum atomic E-state index is 0.888. The summed E-state index contributed by atoms with van der Waals surface area (Å²) in [5.41, 5.74) is 8.86. The fraction of sp³-hybridized carbons (Fsp3) is 0. The molecule has 40 heavy (non-hydrogen) atoms. The Morgan fingerprint density at radius 2 is 1.05 bits per heavy atom. The molecule has 0 radical (unpaired) electrons. The smallest absolute Gasteiger partial charge is 0.136 e. The van der Waals surface area contributed by atoms with Crippen LogP contribution in [0.1, 0.15) is 0 Å². The Hall–Kier alpha value is -4.80. The molecule has 0 fully saturated rings. The van der Waals surface area contributed by atoms with Crippen LogP contribution in [-0.4, -0.2) is 9.13 Å². The minimum absolute atomic E-state index is 0.888. The van der Waals surface area contributed by atoms with Crippen molar-refractivity contribution in [3.8, 4) is 11.4 Å². The topological polar surface area (TPSA) is 23.0 Å². The highest BCUT2D eigenvalue weighted by Gasteiger charge is 2.19. The number of aromatic nitrogens is 2. The Kier molecular flexibility index (Phi) is 4.47. The third kappa shape index (κ3) is 2.94. The molecule has 0 unspecified atom stereocenters. The van der Waals surface area contributed by atoms with Gasteiger partial charge in [-0.3, -0.25) is 0 Å². The Morgan fingerprint density at radius 1 is 0.425 bits per heavy atom. The van der Waals surface area contributed by atoms with E-state index in [0.717, 1.165) is 32.1 Å². The SMILES string of the molecule is Brc1cccc2oc3ccc(-n4c5ccccc5c5cc6c(cc54)c4ccccc4n6-c4ccccc4)cc3c12. The largest absolute Gasteiger partial charge is 0.456 e. The van der Waals surface area contributed by atoms with Crippen LogP contribution in [0.2, 0.25) is 0 Å². The highest BCUT2D eigenvalue weighted by molar-refractivity contribution is 9.10. The van der Waals surface area contributed by atoms with Gasteiger partial charge in [0.15, 0.2) is 0 Å². The molecule has 9 aromatic rings. The molecule has 3 nitrogen and oxygen atoms in total. The van der Waals surface area contributed by atoms with Crippen LogP contribution >= 0.6 is 15.9 Å². The third-order valence-electron chi connectivity index (χ3n) is 8.17. The molecule has 0 aliphatic carbocycles. The molecule has 3 heterocycles. The summed E-state index contributed by atoms with van der Waals surface area (Å²) in [7, 11) is 0. The zero-order chi connectivity index (χ0) is 26.4. The summed E-state index contributed by atoms with van der Waals surface area (Å²) in [5.74, 6) is 0. The van der Waals surface area contributed by atoms with Gasteiger partial charge in [-0.2, -0.15) is 0 Å². The third-order valence-corrected chi connectivity index (χ3v) is 8.83. The van der Waals surface area contributed by atoms with E-state index in [1.54, 1.807) is 0 Å². The van der Waals surface area contributed by atoms with Crippen molar-refractivity contribution in [2.45, 2.75) is 0 Å². The second-order valence-corrected chi connectivity index (χ2v) is 11.2. The van der Waals surface area contributed by atoms with Crippen molar-refractivity contribution in [3.05, 3.63) is 132 Å². The average molecular weight is 577 g/mol. The minimum Gasteiger partial charge on any atom is -0.456 e. The van der Waals surface area contributed by atoms with E-state index in [-0.39, 0.29) is 0 Å². The highest BCUT2D eigenvalue weighted by atomic mass is 79.9. The van der Waals surface area contributed by atoms with Crippen molar-refractivity contribution in [1.29, 1.82) is 0 Å². The monoisotopic (exact) mass is 576 g/mol. The summed E-state index contributed by atoms with van der Waals surface area (Å²) in [6.07, 6.45) is 0. The Bertz CT molecular complexity index is 2440. The average Bonchev–Trinajstić information content (AvgIpc) is 3.64. The molecule has 0 bridgehead atoms. The number of halogens is 1. The first-order chi connectivity index (χ1) is 19.8. The summed E-state index contributed by atoms with van der Waals surface area (Å²) in [5, 5.41) is 7.18. The lowest BCUT2D eigenvalue weighted by atomic mass is 10.1. The number of hydrogen-bond donors (Lipinski definition) is 0. The summed E-state index contributed by atoms with van der Waals surface area (Å²) in [6, 6.07) is 45.4. The molecule has 188 valence electrons. The van der Waals surface area contributed by atoms with Crippen LogP contribution in [-0.2, 0) is 0 Å². The molecule has 0 aliphatic rings. The predicted molar refractivity (Wildman–Crippen MR) is 170 cm³/mol. The maximum Gasteiger partial charge on any atom is 0.136 e. The van der Waals surface area contributed by atoms with Gasteiger partial charge in [0.05, 0.1) is 22.1 Å². The second-order valence-electron chi connectivity index (χ2n) is 10.3. The van der Waals surface area contributed by atoms with Crippen LogP contribution in [0.4, 0.5) is 0 Å². The van der Waals surface area contributed by atoms with Crippen LogP contribution in [0.15, 0.2) is 136 Å². The molecule has 0 saturated heterocycles. The van der Waals surface area contributed by atoms with Gasteiger partial charge < -0.3 is 13.6 Å². The lowest BCUT2D eigenvalue weighted by Gasteiger charge is -2.09. The number of nitrogens with zero attached hydrogens (tertiary/aromatic N) is 2. The number of benzene rings is 6. The zero-order valence-electron chi connectivity index (χ0n) is 21.3. The van der Waals surface area contributed by atoms with Gasteiger partial charge in [0.2, 0.25) is 0 Å². The lowest BCUT2D eigenvalue weighted by Crippen LogP contribution is -1.94. The van der Waals surface area contributed by atoms with E-state index < -0.39 is 0 Å². The zero-order valence-corrected chi connectivity index (χ0v) is 22.9. The van der Waals surface area contributed by atoms with Crippen molar-refractivity contribution in [1.82, 2.24) is 9.13 Å². The first-order valence-electron chi connectivity index (χ1n) is 13.4. The molecule has 0 saturated carbocycles. The van der Waals surface area contributed by atoms with Gasteiger partial charge in [-0.05, 0) is 66.7 Å². The number of rotatable bonds is 2. The van der Waals surface area contributed by atoms with Gasteiger partial charge in [0, 0.05) is 48.2 Å². The van der Waals surface area contributed by atoms with E-state index in [9.17, 15) is 0 Å². The quantitative estimate of drug-likeness (QED) is 0.200. The van der Waals surface area contributed by atoms with Crippen LogP contribution in [0.3, 0.4) is 0 Å². The molecule has 0 aliphatic heterocycles. The number of fused-ring (bicyclic) bond motifs is 9.